The molecule has 20 heavy (non-hydrogen) atoms. The van der Waals surface area contributed by atoms with Crippen LogP contribution in [-0.2, 0) is 24.2 Å². The lowest BCUT2D eigenvalue weighted by Crippen LogP contribution is -2.20. The Morgan fingerprint density at radius 3 is 2.65 bits per heavy atom. The van der Waals surface area contributed by atoms with Crippen LogP contribution in [-0.4, -0.2) is 13.0 Å². The highest BCUT2D eigenvalue weighted by molar-refractivity contribution is 6.00. The van der Waals surface area contributed by atoms with Crippen LogP contribution in [0, 0.1) is 0 Å². The van der Waals surface area contributed by atoms with Crippen LogP contribution < -0.4 is 10.6 Å². The fourth-order valence-corrected chi connectivity index (χ4v) is 2.74. The van der Waals surface area contributed by atoms with Gasteiger partial charge in [-0.1, -0.05) is 36.4 Å². The molecule has 1 amide bonds. The number of benzene rings is 2. The van der Waals surface area contributed by atoms with E-state index in [-0.39, 0.29) is 5.91 Å². The van der Waals surface area contributed by atoms with Gasteiger partial charge in [-0.05, 0) is 34.7 Å². The summed E-state index contributed by atoms with van der Waals surface area (Å²) in [5.41, 5.74) is 11.5. The Bertz CT molecular complexity index is 664. The standard InChI is InChI=1S/C17H18N2O/c1-19-16-6-5-13(9-15(16)10-17(19)20)7-12-3-2-4-14(8-12)11-18/h2-6,8-9H,7,10-11,18H2,1H3. The van der Waals surface area contributed by atoms with Crippen molar-refractivity contribution in [1.29, 1.82) is 0 Å². The summed E-state index contributed by atoms with van der Waals surface area (Å²) in [4.78, 5) is 13.4. The Balaban J connectivity index is 1.86. The number of fused-ring (bicyclic) bond motifs is 1. The van der Waals surface area contributed by atoms with Gasteiger partial charge in [-0.25, -0.2) is 0 Å². The predicted octanol–water partition coefficient (Wildman–Crippen LogP) is 2.25. The number of rotatable bonds is 3. The zero-order valence-electron chi connectivity index (χ0n) is 11.6. The molecule has 0 saturated heterocycles. The highest BCUT2D eigenvalue weighted by Crippen LogP contribution is 2.29. The number of anilines is 1. The summed E-state index contributed by atoms with van der Waals surface area (Å²) in [5, 5.41) is 0. The van der Waals surface area contributed by atoms with Gasteiger partial charge in [0.15, 0.2) is 0 Å². The molecule has 0 unspecified atom stereocenters. The smallest absolute Gasteiger partial charge is 0.231 e. The van der Waals surface area contributed by atoms with Gasteiger partial charge in [-0.15, -0.1) is 0 Å². The zero-order chi connectivity index (χ0) is 14.1. The third kappa shape index (κ3) is 2.32. The number of hydrogen-bond acceptors (Lipinski definition) is 2. The van der Waals surface area contributed by atoms with Crippen LogP contribution in [0.5, 0.6) is 0 Å². The molecule has 0 aliphatic carbocycles. The van der Waals surface area contributed by atoms with Crippen LogP contribution in [0.2, 0.25) is 0 Å². The first-order chi connectivity index (χ1) is 9.67. The maximum Gasteiger partial charge on any atom is 0.231 e. The molecule has 0 fully saturated rings. The van der Waals surface area contributed by atoms with Crippen molar-refractivity contribution in [2.24, 2.45) is 5.73 Å². The zero-order valence-corrected chi connectivity index (χ0v) is 11.6. The van der Waals surface area contributed by atoms with Gasteiger partial charge in [0.1, 0.15) is 0 Å². The average molecular weight is 266 g/mol. The fraction of sp³-hybridized carbons (Fsp3) is 0.235. The van der Waals surface area contributed by atoms with Crippen LogP contribution in [0.4, 0.5) is 5.69 Å². The third-order valence-corrected chi connectivity index (χ3v) is 3.86. The van der Waals surface area contributed by atoms with E-state index in [4.69, 9.17) is 5.73 Å². The SMILES string of the molecule is CN1C(=O)Cc2cc(Cc3cccc(CN)c3)ccc21. The Morgan fingerprint density at radius 1 is 1.10 bits per heavy atom. The van der Waals surface area contributed by atoms with E-state index in [1.807, 2.05) is 25.2 Å². The molecule has 0 aromatic heterocycles. The minimum atomic E-state index is 0.169. The van der Waals surface area contributed by atoms with Crippen molar-refractivity contribution in [2.75, 3.05) is 11.9 Å². The summed E-state index contributed by atoms with van der Waals surface area (Å²) >= 11 is 0. The summed E-state index contributed by atoms with van der Waals surface area (Å²) < 4.78 is 0. The average Bonchev–Trinajstić information content (AvgIpc) is 2.74. The van der Waals surface area contributed by atoms with Gasteiger partial charge < -0.3 is 10.6 Å². The van der Waals surface area contributed by atoms with Crippen LogP contribution in [0.1, 0.15) is 22.3 Å². The quantitative estimate of drug-likeness (QED) is 0.926. The normalized spacial score (nSPS) is 13.7. The summed E-state index contributed by atoms with van der Waals surface area (Å²) in [5.74, 6) is 0.169. The fourth-order valence-electron chi connectivity index (χ4n) is 2.74. The van der Waals surface area contributed by atoms with Crippen LogP contribution >= 0.6 is 0 Å². The number of nitrogens with zero attached hydrogens (tertiary/aromatic N) is 1. The Labute approximate surface area is 119 Å². The number of carbonyl (C=O) groups is 1. The number of carbonyl (C=O) groups excluding carboxylic acids is 1. The van der Waals surface area contributed by atoms with Crippen molar-refractivity contribution < 1.29 is 4.79 Å². The van der Waals surface area contributed by atoms with E-state index >= 15 is 0 Å². The number of likely N-dealkylation sites (N-methyl/N-ethyl adjacent to an activating group) is 1. The second-order valence-corrected chi connectivity index (χ2v) is 5.29. The molecule has 3 rings (SSSR count). The monoisotopic (exact) mass is 266 g/mol. The van der Waals surface area contributed by atoms with Gasteiger partial charge in [0.2, 0.25) is 5.91 Å². The minimum absolute atomic E-state index is 0.169. The number of nitrogens with two attached hydrogens (primary N) is 1. The summed E-state index contributed by atoms with van der Waals surface area (Å²) in [6, 6.07) is 14.6. The third-order valence-electron chi connectivity index (χ3n) is 3.86. The summed E-state index contributed by atoms with van der Waals surface area (Å²) in [6.07, 6.45) is 1.39. The largest absolute Gasteiger partial charge is 0.326 e. The van der Waals surface area contributed by atoms with Crippen molar-refractivity contribution in [1.82, 2.24) is 0 Å². The van der Waals surface area contributed by atoms with Crippen LogP contribution in [0.15, 0.2) is 42.5 Å². The minimum Gasteiger partial charge on any atom is -0.326 e. The molecule has 0 radical (unpaired) electrons. The van der Waals surface area contributed by atoms with E-state index in [1.54, 1.807) is 4.90 Å². The lowest BCUT2D eigenvalue weighted by molar-refractivity contribution is -0.117. The summed E-state index contributed by atoms with van der Waals surface area (Å²) in [7, 11) is 1.83. The second kappa shape index (κ2) is 5.10. The molecule has 1 aliphatic rings. The maximum atomic E-state index is 11.7. The lowest BCUT2D eigenvalue weighted by Gasteiger charge is -2.11. The molecular weight excluding hydrogens is 248 g/mol. The molecule has 3 heteroatoms. The molecule has 0 spiro atoms. The molecule has 102 valence electrons. The molecule has 1 aliphatic heterocycles. The van der Waals surface area contributed by atoms with Gasteiger partial charge in [0.05, 0.1) is 6.42 Å². The highest BCUT2D eigenvalue weighted by Gasteiger charge is 2.23. The molecule has 2 aromatic carbocycles. The predicted molar refractivity (Wildman–Crippen MR) is 80.7 cm³/mol. The van der Waals surface area contributed by atoms with Crippen LogP contribution in [0.25, 0.3) is 0 Å². The maximum absolute atomic E-state index is 11.7. The van der Waals surface area contributed by atoms with Gasteiger partial charge in [0.25, 0.3) is 0 Å². The van der Waals surface area contributed by atoms with Crippen molar-refractivity contribution >= 4 is 11.6 Å². The van der Waals surface area contributed by atoms with E-state index in [0.29, 0.717) is 13.0 Å². The molecule has 0 saturated carbocycles. The van der Waals surface area contributed by atoms with Crippen LogP contribution in [0.3, 0.4) is 0 Å². The van der Waals surface area contributed by atoms with Gasteiger partial charge in [-0.3, -0.25) is 4.79 Å². The van der Waals surface area contributed by atoms with E-state index in [9.17, 15) is 4.79 Å². The van der Waals surface area contributed by atoms with Crippen molar-refractivity contribution in [3.63, 3.8) is 0 Å². The highest BCUT2D eigenvalue weighted by atomic mass is 16.2. The first kappa shape index (κ1) is 12.9. The van der Waals surface area contributed by atoms with Gasteiger partial charge in [0, 0.05) is 19.3 Å². The van der Waals surface area contributed by atoms with Crippen molar-refractivity contribution in [3.8, 4) is 0 Å². The second-order valence-electron chi connectivity index (χ2n) is 5.29. The topological polar surface area (TPSA) is 46.3 Å². The van der Waals surface area contributed by atoms with E-state index < -0.39 is 0 Å². The molecule has 3 nitrogen and oxygen atoms in total. The molecule has 2 N–H and O–H groups in total. The Morgan fingerprint density at radius 2 is 1.85 bits per heavy atom. The number of hydrogen-bond donors (Lipinski definition) is 1. The molecule has 2 aromatic rings. The molecule has 0 bridgehead atoms. The number of amides is 1. The van der Waals surface area contributed by atoms with Gasteiger partial charge >= 0.3 is 0 Å². The van der Waals surface area contributed by atoms with Crippen molar-refractivity contribution in [3.05, 3.63) is 64.7 Å². The first-order valence-electron chi connectivity index (χ1n) is 6.83. The van der Waals surface area contributed by atoms with Crippen molar-refractivity contribution in [2.45, 2.75) is 19.4 Å². The molecule has 0 atom stereocenters. The van der Waals surface area contributed by atoms with Gasteiger partial charge in [-0.2, -0.15) is 0 Å². The molecular formula is C17H18N2O. The summed E-state index contributed by atoms with van der Waals surface area (Å²) in [6.45, 7) is 0.567. The first-order valence-corrected chi connectivity index (χ1v) is 6.83. The Kier molecular flexibility index (Phi) is 3.28. The molecule has 1 heterocycles. The van der Waals surface area contributed by atoms with E-state index in [0.717, 1.165) is 23.2 Å². The van der Waals surface area contributed by atoms with E-state index in [2.05, 4.69) is 24.3 Å². The Hall–Kier alpha value is -2.13. The lowest BCUT2D eigenvalue weighted by atomic mass is 10.0. The van der Waals surface area contributed by atoms with E-state index in [1.165, 1.54) is 11.1 Å².